The molecule has 1 aromatic rings. The van der Waals surface area contributed by atoms with Gasteiger partial charge in [-0.15, -0.1) is 0 Å². The maximum absolute atomic E-state index is 13.1. The van der Waals surface area contributed by atoms with E-state index in [2.05, 4.69) is 18.8 Å². The Morgan fingerprint density at radius 3 is 2.18 bits per heavy atom. The molecule has 0 aliphatic carbocycles. The van der Waals surface area contributed by atoms with Gasteiger partial charge in [0.15, 0.2) is 11.8 Å². The number of carbonyl (C=O) groups excluding carboxylic acids is 5. The number of amides is 4. The van der Waals surface area contributed by atoms with Crippen LogP contribution >= 0.6 is 0 Å². The number of imide groups is 1. The number of hydrogen-bond acceptors (Lipinski definition) is 7. The summed E-state index contributed by atoms with van der Waals surface area (Å²) in [5.74, 6) is -2.65. The van der Waals surface area contributed by atoms with Crippen LogP contribution in [0.5, 0.6) is 5.75 Å². The van der Waals surface area contributed by atoms with Gasteiger partial charge in [0.25, 0.3) is 11.8 Å². The summed E-state index contributed by atoms with van der Waals surface area (Å²) in [5.41, 5.74) is 0.283. The highest BCUT2D eigenvalue weighted by Crippen LogP contribution is 2.27. The second-order valence-electron chi connectivity index (χ2n) is 9.59. The molecule has 0 saturated carbocycles. The number of methoxy groups -OCH3 is 1. The zero-order chi connectivity index (χ0) is 28.8. The summed E-state index contributed by atoms with van der Waals surface area (Å²) in [6.07, 6.45) is 12.9. The van der Waals surface area contributed by atoms with Crippen molar-refractivity contribution in [3.05, 3.63) is 36.5 Å². The molecule has 1 aromatic carbocycles. The van der Waals surface area contributed by atoms with E-state index in [1.165, 1.54) is 70.3 Å². The van der Waals surface area contributed by atoms with Crippen molar-refractivity contribution in [1.82, 2.24) is 9.80 Å². The lowest BCUT2D eigenvalue weighted by Crippen LogP contribution is -2.51. The Morgan fingerprint density at radius 1 is 1.03 bits per heavy atom. The highest BCUT2D eigenvalue weighted by Gasteiger charge is 2.45. The molecule has 1 heterocycles. The van der Waals surface area contributed by atoms with Crippen molar-refractivity contribution >= 4 is 35.3 Å². The molecule has 214 valence electrons. The van der Waals surface area contributed by atoms with Gasteiger partial charge >= 0.3 is 12.0 Å². The second-order valence-corrected chi connectivity index (χ2v) is 9.59. The average molecular weight is 544 g/mol. The van der Waals surface area contributed by atoms with Crippen molar-refractivity contribution in [2.24, 2.45) is 0 Å². The molecule has 1 N–H and O–H groups in total. The molecule has 0 radical (unpaired) electrons. The third-order valence-electron chi connectivity index (χ3n) is 6.56. The Morgan fingerprint density at radius 2 is 1.64 bits per heavy atom. The van der Waals surface area contributed by atoms with Gasteiger partial charge in [0.05, 0.1) is 25.0 Å². The predicted octanol–water partition coefficient (Wildman–Crippen LogP) is 5.08. The van der Waals surface area contributed by atoms with Crippen molar-refractivity contribution in [3.63, 3.8) is 0 Å². The summed E-state index contributed by atoms with van der Waals surface area (Å²) >= 11 is 0. The lowest BCUT2D eigenvalue weighted by Gasteiger charge is -2.23. The van der Waals surface area contributed by atoms with E-state index in [4.69, 9.17) is 9.47 Å². The fourth-order valence-electron chi connectivity index (χ4n) is 4.39. The molecule has 39 heavy (non-hydrogen) atoms. The SMILES string of the molecule is C=CN1CC(=O)N(C(C(C)=O)C(=O)Nc2cc(C(=O)OCCCCCCCCCCCC)ccc2OC)C1=O. The molecule has 1 unspecified atom stereocenters. The maximum atomic E-state index is 13.1. The normalized spacial score (nSPS) is 13.8. The third-order valence-corrected chi connectivity index (χ3v) is 6.56. The number of ether oxygens (including phenoxy) is 2. The second kappa shape index (κ2) is 16.3. The van der Waals surface area contributed by atoms with E-state index < -0.39 is 35.6 Å². The monoisotopic (exact) mass is 543 g/mol. The van der Waals surface area contributed by atoms with Crippen LogP contribution in [0.3, 0.4) is 0 Å². The summed E-state index contributed by atoms with van der Waals surface area (Å²) in [6, 6.07) is 1.86. The summed E-state index contributed by atoms with van der Waals surface area (Å²) in [5, 5.41) is 2.52. The number of hydrogen-bond donors (Lipinski definition) is 1. The smallest absolute Gasteiger partial charge is 0.338 e. The highest BCUT2D eigenvalue weighted by atomic mass is 16.5. The number of Topliss-reactive ketones (excluding diaryl/α,β-unsaturated/α-hetero) is 1. The van der Waals surface area contributed by atoms with Crippen LogP contribution in [0.15, 0.2) is 31.0 Å². The van der Waals surface area contributed by atoms with Crippen molar-refractivity contribution in [1.29, 1.82) is 0 Å². The van der Waals surface area contributed by atoms with Gasteiger partial charge in [0, 0.05) is 6.20 Å². The third kappa shape index (κ3) is 9.23. The topological polar surface area (TPSA) is 122 Å². The maximum Gasteiger partial charge on any atom is 0.338 e. The Bertz CT molecular complexity index is 1040. The van der Waals surface area contributed by atoms with Crippen molar-refractivity contribution in [3.8, 4) is 5.75 Å². The number of urea groups is 1. The minimum absolute atomic E-state index is 0.0989. The number of esters is 1. The predicted molar refractivity (Wildman–Crippen MR) is 147 cm³/mol. The van der Waals surface area contributed by atoms with Crippen LogP contribution in [0, 0.1) is 0 Å². The Kier molecular flexibility index (Phi) is 13.2. The first-order valence-corrected chi connectivity index (χ1v) is 13.7. The zero-order valence-corrected chi connectivity index (χ0v) is 23.3. The van der Waals surface area contributed by atoms with Gasteiger partial charge in [-0.3, -0.25) is 19.3 Å². The summed E-state index contributed by atoms with van der Waals surface area (Å²) in [6.45, 7) is 6.76. The molecule has 10 nitrogen and oxygen atoms in total. The van der Waals surface area contributed by atoms with Crippen LogP contribution in [0.4, 0.5) is 10.5 Å². The molecule has 0 bridgehead atoms. The lowest BCUT2D eigenvalue weighted by atomic mass is 10.1. The van der Waals surface area contributed by atoms with Crippen LogP contribution in [0.2, 0.25) is 0 Å². The first-order chi connectivity index (χ1) is 18.7. The van der Waals surface area contributed by atoms with Gasteiger partial charge in [0.1, 0.15) is 12.3 Å². The minimum atomic E-state index is -1.69. The van der Waals surface area contributed by atoms with Crippen LogP contribution in [-0.2, 0) is 19.1 Å². The van der Waals surface area contributed by atoms with Crippen LogP contribution in [0.25, 0.3) is 0 Å². The van der Waals surface area contributed by atoms with Crippen molar-refractivity contribution in [2.45, 2.75) is 84.1 Å². The highest BCUT2D eigenvalue weighted by molar-refractivity contribution is 6.17. The molecule has 1 atom stereocenters. The number of unbranched alkanes of at least 4 members (excludes halogenated alkanes) is 9. The number of anilines is 1. The zero-order valence-electron chi connectivity index (χ0n) is 23.3. The number of rotatable bonds is 18. The van der Waals surface area contributed by atoms with E-state index in [0.29, 0.717) is 4.90 Å². The molecule has 1 aliphatic heterocycles. The summed E-state index contributed by atoms with van der Waals surface area (Å²) < 4.78 is 10.7. The summed E-state index contributed by atoms with van der Waals surface area (Å²) in [4.78, 5) is 64.5. The van der Waals surface area contributed by atoms with E-state index >= 15 is 0 Å². The average Bonchev–Trinajstić information content (AvgIpc) is 3.19. The molecule has 1 saturated heterocycles. The number of nitrogens with zero attached hydrogens (tertiary/aromatic N) is 2. The Labute approximate surface area is 230 Å². The number of benzene rings is 1. The lowest BCUT2D eigenvalue weighted by molar-refractivity contribution is -0.138. The van der Waals surface area contributed by atoms with Gasteiger partial charge in [0.2, 0.25) is 0 Å². The molecule has 4 amide bonds. The molecular weight excluding hydrogens is 502 g/mol. The standard InChI is InChI=1S/C29H41N3O7/c1-5-7-8-9-10-11-12-13-14-15-18-39-28(36)22-16-17-24(38-4)23(19-22)30-27(35)26(21(3)33)32-25(34)20-31(6-2)29(32)37/h6,16-17,19,26H,2,5,7-15,18,20H2,1,3-4H3,(H,30,35). The van der Waals surface area contributed by atoms with Crippen LogP contribution < -0.4 is 10.1 Å². The van der Waals surface area contributed by atoms with Gasteiger partial charge in [-0.05, 0) is 31.5 Å². The number of ketones is 1. The molecule has 2 rings (SSSR count). The molecule has 0 spiro atoms. The molecule has 1 fully saturated rings. The van der Waals surface area contributed by atoms with Crippen LogP contribution in [-0.4, -0.2) is 65.7 Å². The Balaban J connectivity index is 1.93. The summed E-state index contributed by atoms with van der Waals surface area (Å²) in [7, 11) is 1.38. The fraction of sp³-hybridized carbons (Fsp3) is 0.552. The van der Waals surface area contributed by atoms with Crippen molar-refractivity contribution in [2.75, 3.05) is 25.6 Å². The van der Waals surface area contributed by atoms with Gasteiger partial charge < -0.3 is 14.8 Å². The van der Waals surface area contributed by atoms with E-state index in [1.54, 1.807) is 0 Å². The largest absolute Gasteiger partial charge is 0.495 e. The molecular formula is C29H41N3O7. The fourth-order valence-corrected chi connectivity index (χ4v) is 4.39. The minimum Gasteiger partial charge on any atom is -0.495 e. The number of carbonyl (C=O) groups is 5. The number of nitrogens with one attached hydrogen (secondary N) is 1. The van der Waals surface area contributed by atoms with Crippen LogP contribution in [0.1, 0.15) is 88.4 Å². The van der Waals surface area contributed by atoms with Gasteiger partial charge in [-0.2, -0.15) is 0 Å². The van der Waals surface area contributed by atoms with Gasteiger partial charge in [-0.1, -0.05) is 71.3 Å². The quantitative estimate of drug-likeness (QED) is 0.119. The first kappa shape index (κ1) is 31.5. The molecule has 0 aromatic heterocycles. The molecule has 10 heteroatoms. The van der Waals surface area contributed by atoms with E-state index in [-0.39, 0.29) is 30.2 Å². The van der Waals surface area contributed by atoms with E-state index in [9.17, 15) is 24.0 Å². The van der Waals surface area contributed by atoms with E-state index in [0.717, 1.165) is 37.3 Å². The first-order valence-electron chi connectivity index (χ1n) is 13.7. The van der Waals surface area contributed by atoms with E-state index in [1.807, 2.05) is 0 Å². The Hall–Kier alpha value is -3.69. The molecule has 1 aliphatic rings. The van der Waals surface area contributed by atoms with Gasteiger partial charge in [-0.25, -0.2) is 14.5 Å². The van der Waals surface area contributed by atoms with Crippen molar-refractivity contribution < 1.29 is 33.4 Å².